The zero-order valence-electron chi connectivity index (χ0n) is 11.5. The van der Waals surface area contributed by atoms with E-state index < -0.39 is 18.0 Å². The van der Waals surface area contributed by atoms with Crippen LogP contribution in [-0.4, -0.2) is 28.1 Å². The highest BCUT2D eigenvalue weighted by Crippen LogP contribution is 2.35. The van der Waals surface area contributed by atoms with Crippen LogP contribution >= 0.6 is 0 Å². The van der Waals surface area contributed by atoms with Crippen molar-refractivity contribution in [3.05, 3.63) is 41.7 Å². The van der Waals surface area contributed by atoms with Gasteiger partial charge < -0.3 is 5.32 Å². The van der Waals surface area contributed by atoms with E-state index in [4.69, 9.17) is 6.42 Å². The van der Waals surface area contributed by atoms with Gasteiger partial charge in [-0.25, -0.2) is 9.07 Å². The largest absolute Gasteiger partial charge is 0.322 e. The van der Waals surface area contributed by atoms with Gasteiger partial charge in [0.2, 0.25) is 5.91 Å². The number of alkyl halides is 1. The van der Waals surface area contributed by atoms with Crippen LogP contribution in [0.25, 0.3) is 5.69 Å². The summed E-state index contributed by atoms with van der Waals surface area (Å²) in [5.41, 5.74) is 1.67. The molecule has 5 nitrogen and oxygen atoms in total. The number of rotatable bonds is 4. The smallest absolute Gasteiger partial charge is 0.230 e. The highest BCUT2D eigenvalue weighted by atomic mass is 19.1. The highest BCUT2D eigenvalue weighted by Gasteiger charge is 2.43. The van der Waals surface area contributed by atoms with Gasteiger partial charge in [0.05, 0.1) is 23.5 Å². The predicted octanol–water partition coefficient (Wildman–Crippen LogP) is 1.96. The van der Waals surface area contributed by atoms with Gasteiger partial charge in [0.1, 0.15) is 11.9 Å². The second-order valence-electron chi connectivity index (χ2n) is 5.03. The molecule has 2 aromatic rings. The van der Waals surface area contributed by atoms with Crippen molar-refractivity contribution >= 4 is 17.9 Å². The van der Waals surface area contributed by atoms with Crippen molar-refractivity contribution in [3.63, 3.8) is 0 Å². The molecule has 1 N–H and O–H groups in total. The quantitative estimate of drug-likeness (QED) is 0.693. The third-order valence-electron chi connectivity index (χ3n) is 3.44. The van der Waals surface area contributed by atoms with Gasteiger partial charge in [-0.2, -0.15) is 5.10 Å². The van der Waals surface area contributed by atoms with Crippen LogP contribution in [0.4, 0.5) is 10.1 Å². The number of hydrogen-bond donors (Lipinski definition) is 1. The van der Waals surface area contributed by atoms with Gasteiger partial charge in [-0.15, -0.1) is 6.42 Å². The minimum Gasteiger partial charge on any atom is -0.322 e. The summed E-state index contributed by atoms with van der Waals surface area (Å²) in [5.74, 6) is 1.44. The maximum absolute atomic E-state index is 12.9. The highest BCUT2D eigenvalue weighted by molar-refractivity contribution is 5.98. The van der Waals surface area contributed by atoms with Crippen LogP contribution in [0, 0.1) is 18.3 Å². The van der Waals surface area contributed by atoms with E-state index in [1.807, 2.05) is 0 Å². The van der Waals surface area contributed by atoms with Gasteiger partial charge in [-0.1, -0.05) is 12.0 Å². The zero-order valence-corrected chi connectivity index (χ0v) is 11.5. The number of nitrogens with one attached hydrogen (secondary N) is 1. The molecule has 0 bridgehead atoms. The lowest BCUT2D eigenvalue weighted by molar-refractivity contribution is -0.117. The molecule has 1 saturated carbocycles. The molecule has 110 valence electrons. The van der Waals surface area contributed by atoms with Crippen LogP contribution in [0.3, 0.4) is 0 Å². The first kappa shape index (κ1) is 14.0. The number of nitrogens with zero attached hydrogens (tertiary/aromatic N) is 2. The summed E-state index contributed by atoms with van der Waals surface area (Å²) in [6.07, 6.45) is 6.52. The van der Waals surface area contributed by atoms with Crippen molar-refractivity contribution in [2.45, 2.75) is 12.6 Å². The fourth-order valence-corrected chi connectivity index (χ4v) is 2.10. The molecule has 1 amide bonds. The molecular formula is C16H12FN3O2. The molecule has 1 aromatic heterocycles. The number of carbonyl (C=O) groups excluding carboxylic acids is 2. The third kappa shape index (κ3) is 2.61. The molecule has 1 aromatic carbocycles. The van der Waals surface area contributed by atoms with Gasteiger partial charge in [-0.05, 0) is 24.6 Å². The van der Waals surface area contributed by atoms with E-state index in [-0.39, 0.29) is 17.8 Å². The first-order valence-electron chi connectivity index (χ1n) is 6.69. The summed E-state index contributed by atoms with van der Waals surface area (Å²) in [6, 6.07) is 7.03. The van der Waals surface area contributed by atoms with Crippen molar-refractivity contribution in [2.75, 3.05) is 5.32 Å². The Morgan fingerprint density at radius 2 is 2.32 bits per heavy atom. The third-order valence-corrected chi connectivity index (χ3v) is 3.44. The Bertz CT molecular complexity index is 791. The normalized spacial score (nSPS) is 19.3. The fourth-order valence-electron chi connectivity index (χ4n) is 2.10. The second-order valence-corrected chi connectivity index (χ2v) is 5.03. The van der Waals surface area contributed by atoms with Crippen molar-refractivity contribution < 1.29 is 14.0 Å². The summed E-state index contributed by atoms with van der Waals surface area (Å²) in [6.45, 7) is 0. The van der Waals surface area contributed by atoms with E-state index >= 15 is 0 Å². The Morgan fingerprint density at radius 1 is 1.55 bits per heavy atom. The number of benzene rings is 1. The summed E-state index contributed by atoms with van der Waals surface area (Å²) in [5, 5.41) is 6.64. The Labute approximate surface area is 126 Å². The van der Waals surface area contributed by atoms with Crippen molar-refractivity contribution in [3.8, 4) is 18.0 Å². The number of terminal acetylenes is 1. The molecule has 6 heteroatoms. The van der Waals surface area contributed by atoms with E-state index in [1.54, 1.807) is 24.3 Å². The van der Waals surface area contributed by atoms with E-state index in [0.29, 0.717) is 17.5 Å². The Kier molecular flexibility index (Phi) is 3.47. The molecule has 0 aliphatic heterocycles. The summed E-state index contributed by atoms with van der Waals surface area (Å²) in [7, 11) is 0. The number of anilines is 1. The van der Waals surface area contributed by atoms with Crippen LogP contribution < -0.4 is 5.32 Å². The SMILES string of the molecule is C#Cc1cccc(-n2cc(NC(=O)[C@H]3CC3F)c(C=O)n2)c1. The average Bonchev–Trinajstić information content (AvgIpc) is 3.13. The predicted molar refractivity (Wildman–Crippen MR) is 78.5 cm³/mol. The molecule has 0 radical (unpaired) electrons. The maximum Gasteiger partial charge on any atom is 0.230 e. The van der Waals surface area contributed by atoms with Crippen LogP contribution in [0.2, 0.25) is 0 Å². The van der Waals surface area contributed by atoms with Gasteiger partial charge in [0.25, 0.3) is 0 Å². The molecule has 1 aliphatic carbocycles. The average molecular weight is 297 g/mol. The molecule has 1 fully saturated rings. The lowest BCUT2D eigenvalue weighted by Crippen LogP contribution is -2.15. The first-order chi connectivity index (χ1) is 10.6. The van der Waals surface area contributed by atoms with E-state index in [1.165, 1.54) is 10.9 Å². The van der Waals surface area contributed by atoms with Gasteiger partial charge in [-0.3, -0.25) is 9.59 Å². The summed E-state index contributed by atoms with van der Waals surface area (Å²) in [4.78, 5) is 22.9. The monoisotopic (exact) mass is 297 g/mol. The number of aldehydes is 1. The molecule has 1 heterocycles. The van der Waals surface area contributed by atoms with Gasteiger partial charge in [0.15, 0.2) is 6.29 Å². The molecule has 3 rings (SSSR count). The van der Waals surface area contributed by atoms with Gasteiger partial charge >= 0.3 is 0 Å². The van der Waals surface area contributed by atoms with Gasteiger partial charge in [0, 0.05) is 5.56 Å². The maximum atomic E-state index is 12.9. The Hall–Kier alpha value is -2.94. The Morgan fingerprint density at radius 3 is 2.95 bits per heavy atom. The lowest BCUT2D eigenvalue weighted by atomic mass is 10.2. The molecular weight excluding hydrogens is 285 g/mol. The second kappa shape index (κ2) is 5.45. The van der Waals surface area contributed by atoms with Crippen LogP contribution in [0.1, 0.15) is 22.5 Å². The number of hydrogen-bond acceptors (Lipinski definition) is 3. The minimum absolute atomic E-state index is 0.0792. The molecule has 1 aliphatic rings. The van der Waals surface area contributed by atoms with E-state index in [9.17, 15) is 14.0 Å². The molecule has 22 heavy (non-hydrogen) atoms. The van der Waals surface area contributed by atoms with E-state index in [0.717, 1.165) is 0 Å². The number of amides is 1. The molecule has 2 atom stereocenters. The van der Waals surface area contributed by atoms with Crippen molar-refractivity contribution in [1.29, 1.82) is 0 Å². The fraction of sp³-hybridized carbons (Fsp3) is 0.188. The number of carbonyl (C=O) groups is 2. The van der Waals surface area contributed by atoms with Crippen LogP contribution in [-0.2, 0) is 4.79 Å². The van der Waals surface area contributed by atoms with Crippen LogP contribution in [0.5, 0.6) is 0 Å². The molecule has 0 spiro atoms. The number of halogens is 1. The van der Waals surface area contributed by atoms with E-state index in [2.05, 4.69) is 16.3 Å². The molecule has 0 saturated heterocycles. The lowest BCUT2D eigenvalue weighted by Gasteiger charge is -2.02. The first-order valence-corrected chi connectivity index (χ1v) is 6.69. The van der Waals surface area contributed by atoms with Crippen LogP contribution in [0.15, 0.2) is 30.5 Å². The summed E-state index contributed by atoms with van der Waals surface area (Å²) < 4.78 is 14.3. The number of aromatic nitrogens is 2. The van der Waals surface area contributed by atoms with Crippen molar-refractivity contribution in [2.24, 2.45) is 5.92 Å². The topological polar surface area (TPSA) is 64.0 Å². The minimum atomic E-state index is -1.10. The van der Waals surface area contributed by atoms with Crippen molar-refractivity contribution in [1.82, 2.24) is 9.78 Å². The standard InChI is InChI=1S/C16H12FN3O2/c1-2-10-4-3-5-11(6-10)20-8-14(15(9-21)19-20)18-16(22)12-7-13(12)17/h1,3-6,8-9,12-13H,7H2,(H,18,22)/t12-,13?/m0/s1. The summed E-state index contributed by atoms with van der Waals surface area (Å²) >= 11 is 0. The molecule has 1 unspecified atom stereocenters. The Balaban J connectivity index is 1.89. The zero-order chi connectivity index (χ0) is 15.7.